The van der Waals surface area contributed by atoms with E-state index in [4.69, 9.17) is 33.5 Å². The number of rotatable bonds is 23. The second kappa shape index (κ2) is 34.4. The number of nitrogens with zero attached hydrogens (tertiary/aromatic N) is 9. The molecule has 4 aromatic heterocycles. The topological polar surface area (TPSA) is 362 Å². The number of imide groups is 3. The molecule has 8 aromatic rings. The third-order valence-corrected chi connectivity index (χ3v) is 19.1. The molecule has 5 aliphatic heterocycles. The van der Waals surface area contributed by atoms with Gasteiger partial charge in [-0.2, -0.15) is 36.5 Å². The number of alkyl halides is 6. The molecule has 0 bridgehead atoms. The van der Waals surface area contributed by atoms with Gasteiger partial charge in [-0.3, -0.25) is 72.4 Å². The first kappa shape index (κ1) is 78.7. The Bertz CT molecular complexity index is 4940. The third-order valence-electron chi connectivity index (χ3n) is 19.1. The first-order chi connectivity index (χ1) is 53.3. The standard InChI is InChI=1S/C38H37F3N6O8.C20H20F3N5O2.C17H16N2O7/c1-53-33-20-29-22(17-30(33)43-35(50)28-3-2-4-34(42-28)38(39,40)41)21-46(44-29)23-9-11-45(12-10-23)13-14-54-15-16-55-25-6-7-26-27(19-25)37(52)47(36(26)51)31-8-5-24(48)18-32(31)49;1-30-17-10-15-12(11-28(27-15)13-5-7-24-8-6-13)9-16(17)26-19(29)14-3-2-4-18(25-14)20(21,22)23;20-5-6-25-7-8-26-10-1-2-11-12(9-10)17(24)19(16(11)23)13-3-4-14(21)18-15(13)22/h2-4,6-7,17,19-21,23,31H,5,8-16,18H2,1H3,(H,43,50);2-4,9-11,13,24H,5-8H2,1H3,(H,26,29);1-2,5,9,13H,3-4,6-8H2,(H,18,21,22). The number of ether oxygens (including phenoxy) is 6. The van der Waals surface area contributed by atoms with E-state index in [1.54, 1.807) is 30.3 Å². The highest BCUT2D eigenvalue weighted by molar-refractivity contribution is 6.25. The lowest BCUT2D eigenvalue weighted by Gasteiger charge is -2.31. The molecule has 2 unspecified atom stereocenters. The van der Waals surface area contributed by atoms with E-state index >= 15 is 0 Å². The molecule has 1 aliphatic carbocycles. The van der Waals surface area contributed by atoms with Crippen LogP contribution in [0.5, 0.6) is 23.0 Å². The van der Waals surface area contributed by atoms with Crippen molar-refractivity contribution in [2.45, 2.75) is 94.3 Å². The highest BCUT2D eigenvalue weighted by Crippen LogP contribution is 2.38. The number of hydrogen-bond donors (Lipinski definition) is 4. The van der Waals surface area contributed by atoms with Gasteiger partial charge in [-0.1, -0.05) is 12.1 Å². The zero-order valence-electron chi connectivity index (χ0n) is 59.7. The van der Waals surface area contributed by atoms with Crippen LogP contribution in [0.2, 0.25) is 0 Å². The van der Waals surface area contributed by atoms with E-state index in [1.807, 2.05) is 21.8 Å². The van der Waals surface area contributed by atoms with Crippen molar-refractivity contribution in [2.24, 2.45) is 0 Å². The van der Waals surface area contributed by atoms with Crippen LogP contribution in [0.1, 0.15) is 144 Å². The van der Waals surface area contributed by atoms with Crippen molar-refractivity contribution in [3.8, 4) is 23.0 Å². The Kier molecular flexibility index (Phi) is 24.4. The van der Waals surface area contributed by atoms with E-state index in [2.05, 4.69) is 41.2 Å². The van der Waals surface area contributed by atoms with E-state index in [1.165, 1.54) is 56.7 Å². The van der Waals surface area contributed by atoms with Crippen LogP contribution in [-0.4, -0.2) is 208 Å². The van der Waals surface area contributed by atoms with Crippen LogP contribution in [0.15, 0.2) is 109 Å². The Morgan fingerprint density at radius 2 is 1.05 bits per heavy atom. The first-order valence-electron chi connectivity index (χ1n) is 35.3. The van der Waals surface area contributed by atoms with E-state index in [9.17, 15) is 79.1 Å². The van der Waals surface area contributed by atoms with Crippen LogP contribution in [0.25, 0.3) is 21.8 Å². The normalized spacial score (nSPS) is 17.7. The number of hydrogen-bond acceptors (Lipinski definition) is 23. The maximum absolute atomic E-state index is 13.1. The second-order valence-electron chi connectivity index (χ2n) is 26.3. The molecule has 14 rings (SSSR count). The first-order valence-corrected chi connectivity index (χ1v) is 35.3. The fourth-order valence-electron chi connectivity index (χ4n) is 13.5. The molecule has 4 N–H and O–H groups in total. The predicted molar refractivity (Wildman–Crippen MR) is 379 cm³/mol. The molecule has 30 nitrogen and oxygen atoms in total. The number of amides is 8. The minimum absolute atomic E-state index is 0.0263. The zero-order chi connectivity index (χ0) is 78.8. The monoisotopic (exact) mass is 1540 g/mol. The predicted octanol–water partition coefficient (Wildman–Crippen LogP) is 8.05. The van der Waals surface area contributed by atoms with Gasteiger partial charge in [-0.15, -0.1) is 0 Å². The van der Waals surface area contributed by atoms with Crippen molar-refractivity contribution in [2.75, 3.05) is 97.2 Å². The van der Waals surface area contributed by atoms with Crippen molar-refractivity contribution in [1.82, 2.24) is 54.9 Å². The van der Waals surface area contributed by atoms with Gasteiger partial charge in [0.1, 0.15) is 83.7 Å². The number of likely N-dealkylation sites (tertiary alicyclic amines) is 1. The summed E-state index contributed by atoms with van der Waals surface area (Å²) in [6.45, 7) is 5.55. The fraction of sp³-hybridized carbons (Fsp3) is 0.373. The Balaban J connectivity index is 0.000000171. The van der Waals surface area contributed by atoms with Crippen molar-refractivity contribution in [1.29, 1.82) is 0 Å². The molecule has 582 valence electrons. The van der Waals surface area contributed by atoms with Gasteiger partial charge in [0.05, 0.1) is 103 Å². The summed E-state index contributed by atoms with van der Waals surface area (Å²) < 4.78 is 115. The van der Waals surface area contributed by atoms with Crippen LogP contribution < -0.4 is 40.2 Å². The summed E-state index contributed by atoms with van der Waals surface area (Å²) in [6.07, 6.45) is -1.09. The van der Waals surface area contributed by atoms with E-state index in [0.29, 0.717) is 65.8 Å². The summed E-state index contributed by atoms with van der Waals surface area (Å²) in [6, 6.07) is 20.6. The Labute approximate surface area is 627 Å². The minimum Gasteiger partial charge on any atom is -0.494 e. The van der Waals surface area contributed by atoms with E-state index in [-0.39, 0.29) is 116 Å². The molecule has 0 spiro atoms. The van der Waals surface area contributed by atoms with Gasteiger partial charge in [-0.25, -0.2) is 9.97 Å². The van der Waals surface area contributed by atoms with Crippen molar-refractivity contribution < 1.29 is 108 Å². The molecular formula is C75H73F6N13O17. The number of piperidine rings is 3. The molecule has 8 amide bonds. The van der Waals surface area contributed by atoms with Crippen LogP contribution in [0.3, 0.4) is 0 Å². The quantitative estimate of drug-likeness (QED) is 0.0155. The molecule has 111 heavy (non-hydrogen) atoms. The summed E-state index contributed by atoms with van der Waals surface area (Å²) in [5.74, 6) is -4.08. The van der Waals surface area contributed by atoms with Crippen LogP contribution >= 0.6 is 0 Å². The summed E-state index contributed by atoms with van der Waals surface area (Å²) >= 11 is 0. The van der Waals surface area contributed by atoms with Gasteiger partial charge in [-0.05, 0) is 124 Å². The molecule has 1 saturated carbocycles. The lowest BCUT2D eigenvalue weighted by Crippen LogP contribution is -2.54. The average molecular weight is 1540 g/mol. The molecule has 2 atom stereocenters. The number of ketones is 2. The number of anilines is 2. The number of aldehydes is 1. The summed E-state index contributed by atoms with van der Waals surface area (Å²) in [4.78, 5) is 145. The summed E-state index contributed by atoms with van der Waals surface area (Å²) in [5, 5.41) is 21.5. The van der Waals surface area contributed by atoms with Gasteiger partial charge in [0.25, 0.3) is 35.4 Å². The Hall–Kier alpha value is -11.9. The Morgan fingerprint density at radius 1 is 0.559 bits per heavy atom. The molecule has 9 heterocycles. The SMILES string of the molecule is COc1cc2nn(C3CCN(CCOCCOc4ccc5c(c4)C(=O)N(C4CCC(=O)CC4=O)C5=O)CC3)cc2cc1NC(=O)c1cccc(C(F)(F)F)n1.COc1cc2nn(C3CCNCC3)cc2cc1NC(=O)c1cccc(C(F)(F)F)n1.O=CCOCCOc1ccc2c(c1)C(=O)N(C1CCC(=O)NC1=O)C2=O. The van der Waals surface area contributed by atoms with Gasteiger partial charge in [0.2, 0.25) is 11.8 Å². The van der Waals surface area contributed by atoms with Crippen molar-refractivity contribution in [3.05, 3.63) is 154 Å². The Morgan fingerprint density at radius 3 is 1.53 bits per heavy atom. The van der Waals surface area contributed by atoms with E-state index < -0.39 is 88.9 Å². The number of Topliss-reactive ketones (excluding diaryl/α,β-unsaturated/α-hetero) is 2. The maximum atomic E-state index is 13.1. The zero-order valence-corrected chi connectivity index (χ0v) is 59.7. The number of carbonyl (C=O) groups excluding carboxylic acids is 11. The molecule has 36 heteroatoms. The van der Waals surface area contributed by atoms with Gasteiger partial charge in [0.15, 0.2) is 5.78 Å². The summed E-state index contributed by atoms with van der Waals surface area (Å²) in [5.41, 5.74) is -0.339. The van der Waals surface area contributed by atoms with Crippen LogP contribution in [-0.2, 0) is 45.8 Å². The van der Waals surface area contributed by atoms with Crippen LogP contribution in [0.4, 0.5) is 37.7 Å². The number of nitrogens with one attached hydrogen (secondary N) is 4. The van der Waals surface area contributed by atoms with Gasteiger partial charge < -0.3 is 54.1 Å². The smallest absolute Gasteiger partial charge is 0.433 e. The van der Waals surface area contributed by atoms with Crippen molar-refractivity contribution >= 4 is 98.3 Å². The largest absolute Gasteiger partial charge is 0.494 e. The molecule has 4 aromatic carbocycles. The molecule has 0 radical (unpaired) electrons. The number of aromatic nitrogens is 6. The number of methoxy groups -OCH3 is 2. The van der Waals surface area contributed by atoms with Crippen molar-refractivity contribution in [3.63, 3.8) is 0 Å². The van der Waals surface area contributed by atoms with Crippen LogP contribution in [0, 0.1) is 0 Å². The van der Waals surface area contributed by atoms with Gasteiger partial charge in [0, 0.05) is 67.8 Å². The fourth-order valence-corrected chi connectivity index (χ4v) is 13.5. The molecular weight excluding hydrogens is 1470 g/mol. The minimum atomic E-state index is -4.68. The maximum Gasteiger partial charge on any atom is 0.433 e. The second-order valence-corrected chi connectivity index (χ2v) is 26.3. The molecule has 3 saturated heterocycles. The highest BCUT2D eigenvalue weighted by Gasteiger charge is 2.47. The molecule has 6 aliphatic rings. The van der Waals surface area contributed by atoms with E-state index in [0.717, 1.165) is 96.7 Å². The summed E-state index contributed by atoms with van der Waals surface area (Å²) in [7, 11) is 2.87. The lowest BCUT2D eigenvalue weighted by atomic mass is 9.92. The number of halogens is 6. The average Bonchev–Trinajstić information content (AvgIpc) is 1.72. The number of carbonyl (C=O) groups is 11. The lowest BCUT2D eigenvalue weighted by molar-refractivity contribution is -0.142. The number of benzene rings is 4. The number of fused-ring (bicyclic) bond motifs is 4. The van der Waals surface area contributed by atoms with Gasteiger partial charge >= 0.3 is 12.4 Å². The highest BCUT2D eigenvalue weighted by atomic mass is 19.4. The number of pyridine rings is 2. The third kappa shape index (κ3) is 18.4. The molecule has 4 fully saturated rings.